The molecule has 2 aliphatic rings. The molecule has 0 saturated carbocycles. The molecule has 0 unspecified atom stereocenters. The summed E-state index contributed by atoms with van der Waals surface area (Å²) in [5, 5.41) is 12.4. The molecule has 0 amide bonds. The molecule has 0 aromatic heterocycles. The maximum Gasteiger partial charge on any atom is 0.336 e. The van der Waals surface area contributed by atoms with E-state index in [9.17, 15) is 14.4 Å². The first kappa shape index (κ1) is 25.9. The Balaban J connectivity index is 1.53. The summed E-state index contributed by atoms with van der Waals surface area (Å²) in [7, 11) is 1.32. The van der Waals surface area contributed by atoms with Gasteiger partial charge in [-0.3, -0.25) is 4.79 Å². The minimum absolute atomic E-state index is 0.139. The van der Waals surface area contributed by atoms with E-state index in [4.69, 9.17) is 14.6 Å². The minimum atomic E-state index is -0.991. The Labute approximate surface area is 235 Å². The molecule has 1 heterocycles. The SMILES string of the molecule is COC(=O)C1=C(C)NC2=C(C(=O)c3ccccc32)[C@H]1c1cc(Br)c(OCc2ccc(C(=O)O)cc2)c(Br)c1. The number of carbonyl (C=O) groups is 3. The molecular weight excluding hydrogens is 618 g/mol. The molecule has 0 spiro atoms. The van der Waals surface area contributed by atoms with Crippen molar-refractivity contribution in [2.45, 2.75) is 19.4 Å². The average molecular weight is 639 g/mol. The van der Waals surface area contributed by atoms with Crippen molar-refractivity contribution >= 4 is 55.3 Å². The van der Waals surface area contributed by atoms with Crippen LogP contribution in [0, 0.1) is 0 Å². The number of dihydropyridines is 1. The molecule has 0 radical (unpaired) electrons. The molecule has 1 atom stereocenters. The lowest BCUT2D eigenvalue weighted by atomic mass is 9.80. The third kappa shape index (κ3) is 4.46. The van der Waals surface area contributed by atoms with Crippen molar-refractivity contribution in [3.63, 3.8) is 0 Å². The predicted octanol–water partition coefficient (Wildman–Crippen LogP) is 6.23. The number of halogens is 2. The Hall–Kier alpha value is -3.69. The van der Waals surface area contributed by atoms with E-state index < -0.39 is 17.9 Å². The molecular formula is C29H21Br2NO6. The molecule has 0 fully saturated rings. The van der Waals surface area contributed by atoms with Gasteiger partial charge in [0.25, 0.3) is 0 Å². The minimum Gasteiger partial charge on any atom is -0.487 e. The summed E-state index contributed by atoms with van der Waals surface area (Å²) < 4.78 is 12.4. The topological polar surface area (TPSA) is 102 Å². The Morgan fingerprint density at radius 2 is 1.63 bits per heavy atom. The summed E-state index contributed by atoms with van der Waals surface area (Å²) in [5.41, 5.74) is 5.24. The first-order chi connectivity index (χ1) is 18.2. The zero-order chi connectivity index (χ0) is 27.1. The maximum absolute atomic E-state index is 13.6. The monoisotopic (exact) mass is 637 g/mol. The van der Waals surface area contributed by atoms with Crippen LogP contribution in [0.4, 0.5) is 0 Å². The highest BCUT2D eigenvalue weighted by molar-refractivity contribution is 9.11. The van der Waals surface area contributed by atoms with Crippen molar-refractivity contribution in [1.29, 1.82) is 0 Å². The molecule has 9 heteroatoms. The fourth-order valence-electron chi connectivity index (χ4n) is 4.83. The molecule has 0 bridgehead atoms. The van der Waals surface area contributed by atoms with E-state index in [2.05, 4.69) is 37.2 Å². The Morgan fingerprint density at radius 3 is 2.24 bits per heavy atom. The van der Waals surface area contributed by atoms with Crippen LogP contribution >= 0.6 is 31.9 Å². The summed E-state index contributed by atoms with van der Waals surface area (Å²) in [6.07, 6.45) is 0. The number of nitrogens with one attached hydrogen (secondary N) is 1. The normalized spacial score (nSPS) is 16.1. The van der Waals surface area contributed by atoms with Gasteiger partial charge in [0.05, 0.1) is 32.9 Å². The van der Waals surface area contributed by atoms with E-state index in [1.165, 1.54) is 19.2 Å². The number of benzene rings is 3. The van der Waals surface area contributed by atoms with Gasteiger partial charge in [-0.1, -0.05) is 36.4 Å². The number of ketones is 1. The lowest BCUT2D eigenvalue weighted by Gasteiger charge is -2.29. The molecule has 3 aromatic carbocycles. The summed E-state index contributed by atoms with van der Waals surface area (Å²) in [6.45, 7) is 2.00. The molecule has 0 saturated heterocycles. The second-order valence-corrected chi connectivity index (χ2v) is 10.6. The van der Waals surface area contributed by atoms with Crippen molar-refractivity contribution in [3.8, 4) is 5.75 Å². The molecule has 7 nitrogen and oxygen atoms in total. The number of hydrogen-bond acceptors (Lipinski definition) is 6. The van der Waals surface area contributed by atoms with E-state index in [1.807, 2.05) is 30.3 Å². The van der Waals surface area contributed by atoms with Crippen LogP contribution in [-0.2, 0) is 16.1 Å². The van der Waals surface area contributed by atoms with Gasteiger partial charge in [-0.25, -0.2) is 9.59 Å². The van der Waals surface area contributed by atoms with Crippen molar-refractivity contribution in [2.75, 3.05) is 7.11 Å². The largest absolute Gasteiger partial charge is 0.487 e. The third-order valence-electron chi connectivity index (χ3n) is 6.59. The number of allylic oxidation sites excluding steroid dienone is 2. The van der Waals surface area contributed by atoms with Crippen molar-refractivity contribution < 1.29 is 29.0 Å². The van der Waals surface area contributed by atoms with Crippen LogP contribution in [0.5, 0.6) is 5.75 Å². The van der Waals surface area contributed by atoms with Gasteiger partial charge in [-0.05, 0) is 74.2 Å². The number of rotatable bonds is 6. The number of aromatic carboxylic acids is 1. The Kier molecular flexibility index (Phi) is 6.98. The summed E-state index contributed by atoms with van der Waals surface area (Å²) in [4.78, 5) is 37.6. The highest BCUT2D eigenvalue weighted by atomic mass is 79.9. The zero-order valence-electron chi connectivity index (χ0n) is 20.3. The van der Waals surface area contributed by atoms with Crippen molar-refractivity contribution in [2.24, 2.45) is 0 Å². The van der Waals surface area contributed by atoms with Gasteiger partial charge >= 0.3 is 11.9 Å². The number of carbonyl (C=O) groups excluding carboxylic acids is 2. The van der Waals surface area contributed by atoms with Crippen LogP contribution < -0.4 is 10.1 Å². The predicted molar refractivity (Wildman–Crippen MR) is 148 cm³/mol. The zero-order valence-corrected chi connectivity index (χ0v) is 23.5. The van der Waals surface area contributed by atoms with Crippen LogP contribution in [0.15, 0.2) is 86.5 Å². The fourth-order valence-corrected chi connectivity index (χ4v) is 6.28. The number of hydrogen-bond donors (Lipinski definition) is 2. The standard InChI is InChI=1S/C29H21Br2NO6/c1-14-22(29(36)37-2)23(24-25(32-14)18-5-3-4-6-19(18)26(24)33)17-11-20(30)27(21(31)12-17)38-13-15-7-9-16(10-8-15)28(34)35/h3-12,23,32H,13H2,1-2H3,(H,34,35)/t23-/m0/s1. The summed E-state index contributed by atoms with van der Waals surface area (Å²) in [5.74, 6) is -1.79. The van der Waals surface area contributed by atoms with Crippen LogP contribution in [0.3, 0.4) is 0 Å². The van der Waals surface area contributed by atoms with Crippen LogP contribution in [-0.4, -0.2) is 29.9 Å². The second kappa shape index (κ2) is 10.2. The number of Topliss-reactive ketones (excluding diaryl/α,β-unsaturated/α-hetero) is 1. The number of ether oxygens (including phenoxy) is 2. The first-order valence-corrected chi connectivity index (χ1v) is 13.2. The van der Waals surface area contributed by atoms with Gasteiger partial charge in [-0.2, -0.15) is 0 Å². The fraction of sp³-hybridized carbons (Fsp3) is 0.138. The number of carboxylic acids is 1. The summed E-state index contributed by atoms with van der Waals surface area (Å²) in [6, 6.07) is 17.5. The molecule has 5 rings (SSSR count). The van der Waals surface area contributed by atoms with Gasteiger partial charge in [0.2, 0.25) is 0 Å². The van der Waals surface area contributed by atoms with Gasteiger partial charge in [0, 0.05) is 28.3 Å². The quantitative estimate of drug-likeness (QED) is 0.309. The number of methoxy groups -OCH3 is 1. The molecule has 192 valence electrons. The Bertz CT molecular complexity index is 1550. The van der Waals surface area contributed by atoms with Gasteiger partial charge in [-0.15, -0.1) is 0 Å². The van der Waals surface area contributed by atoms with E-state index in [0.29, 0.717) is 48.4 Å². The summed E-state index contributed by atoms with van der Waals surface area (Å²) >= 11 is 7.18. The second-order valence-electron chi connectivity index (χ2n) is 8.86. The van der Waals surface area contributed by atoms with Gasteiger partial charge in [0.15, 0.2) is 5.78 Å². The lowest BCUT2D eigenvalue weighted by Crippen LogP contribution is -2.29. The van der Waals surface area contributed by atoms with Crippen LogP contribution in [0.1, 0.15) is 50.2 Å². The number of fused-ring (bicyclic) bond motifs is 2. The number of esters is 1. The maximum atomic E-state index is 13.6. The van der Waals surface area contributed by atoms with E-state index in [0.717, 1.165) is 11.1 Å². The highest BCUT2D eigenvalue weighted by Gasteiger charge is 2.43. The molecule has 1 aliphatic carbocycles. The van der Waals surface area contributed by atoms with Crippen LogP contribution in [0.2, 0.25) is 0 Å². The Morgan fingerprint density at radius 1 is 1.00 bits per heavy atom. The average Bonchev–Trinajstić information content (AvgIpc) is 3.18. The third-order valence-corrected chi connectivity index (χ3v) is 7.77. The van der Waals surface area contributed by atoms with Gasteiger partial charge in [0.1, 0.15) is 12.4 Å². The van der Waals surface area contributed by atoms with Crippen LogP contribution in [0.25, 0.3) is 5.70 Å². The highest BCUT2D eigenvalue weighted by Crippen LogP contribution is 2.48. The van der Waals surface area contributed by atoms with Crippen molar-refractivity contribution in [1.82, 2.24) is 5.32 Å². The molecule has 1 aliphatic heterocycles. The lowest BCUT2D eigenvalue weighted by molar-refractivity contribution is -0.136. The number of carboxylic acid groups (broad SMARTS) is 1. The molecule has 2 N–H and O–H groups in total. The van der Waals surface area contributed by atoms with Gasteiger partial charge < -0.3 is 19.9 Å². The smallest absolute Gasteiger partial charge is 0.336 e. The molecule has 3 aromatic rings. The van der Waals surface area contributed by atoms with Crippen molar-refractivity contribution in [3.05, 3.63) is 114 Å². The van der Waals surface area contributed by atoms with E-state index in [1.54, 1.807) is 25.1 Å². The first-order valence-electron chi connectivity index (χ1n) is 11.6. The van der Waals surface area contributed by atoms with E-state index in [-0.39, 0.29) is 18.0 Å². The van der Waals surface area contributed by atoms with E-state index >= 15 is 0 Å². The molecule has 38 heavy (non-hydrogen) atoms.